The number of likely N-dealkylation sites (tertiary alicyclic amines) is 1. The summed E-state index contributed by atoms with van der Waals surface area (Å²) in [5.74, 6) is 0.362. The Morgan fingerprint density at radius 3 is 2.92 bits per heavy atom. The van der Waals surface area contributed by atoms with E-state index in [1.807, 2.05) is 24.1 Å². The van der Waals surface area contributed by atoms with Crippen LogP contribution < -0.4 is 0 Å². The van der Waals surface area contributed by atoms with Crippen molar-refractivity contribution in [3.05, 3.63) is 52.1 Å². The quantitative estimate of drug-likeness (QED) is 0.846. The second-order valence-corrected chi connectivity index (χ2v) is 7.80. The Hall–Kier alpha value is -2.17. The monoisotopic (exact) mass is 355 g/mol. The highest BCUT2D eigenvalue weighted by molar-refractivity contribution is 5.94. The van der Waals surface area contributed by atoms with Gasteiger partial charge in [0.1, 0.15) is 11.5 Å². The minimum Gasteiger partial charge on any atom is -0.337 e. The lowest BCUT2D eigenvalue weighted by atomic mass is 9.95. The van der Waals surface area contributed by atoms with E-state index in [0.717, 1.165) is 74.1 Å². The fourth-order valence-electron chi connectivity index (χ4n) is 4.38. The van der Waals surface area contributed by atoms with E-state index in [-0.39, 0.29) is 11.7 Å². The van der Waals surface area contributed by atoms with Crippen LogP contribution in [0.25, 0.3) is 0 Å². The van der Waals surface area contributed by atoms with Crippen LogP contribution in [0, 0.1) is 18.7 Å². The number of fused-ring (bicyclic) bond motifs is 1. The van der Waals surface area contributed by atoms with Gasteiger partial charge in [-0.3, -0.25) is 9.48 Å². The van der Waals surface area contributed by atoms with Gasteiger partial charge in [0.15, 0.2) is 0 Å². The highest BCUT2D eigenvalue weighted by atomic mass is 19.1. The van der Waals surface area contributed by atoms with Gasteiger partial charge in [-0.15, -0.1) is 0 Å². The van der Waals surface area contributed by atoms with Crippen LogP contribution in [-0.4, -0.2) is 33.7 Å². The molecule has 0 N–H and O–H groups in total. The van der Waals surface area contributed by atoms with Crippen molar-refractivity contribution >= 4 is 5.91 Å². The molecule has 1 atom stereocenters. The molecule has 5 heteroatoms. The zero-order valence-electron chi connectivity index (χ0n) is 15.6. The average molecular weight is 355 g/mol. The topological polar surface area (TPSA) is 38.1 Å². The van der Waals surface area contributed by atoms with Gasteiger partial charge in [0.2, 0.25) is 0 Å². The maximum absolute atomic E-state index is 13.8. The SMILES string of the molecule is Cc1ccc(CC2CCN(C(=O)c3c4c(nn3C)CCCC4)C2)cc1F. The molecule has 4 nitrogen and oxygen atoms in total. The highest BCUT2D eigenvalue weighted by Crippen LogP contribution is 2.28. The van der Waals surface area contributed by atoms with Crippen molar-refractivity contribution in [1.82, 2.24) is 14.7 Å². The van der Waals surface area contributed by atoms with Gasteiger partial charge in [-0.1, -0.05) is 12.1 Å². The first-order chi connectivity index (χ1) is 12.5. The molecular formula is C21H26FN3O. The van der Waals surface area contributed by atoms with Gasteiger partial charge in [0.05, 0.1) is 5.69 Å². The Bertz CT molecular complexity index is 842. The van der Waals surface area contributed by atoms with E-state index in [1.165, 1.54) is 0 Å². The molecule has 0 bridgehead atoms. The van der Waals surface area contributed by atoms with Crippen LogP contribution in [0.1, 0.15) is 52.1 Å². The Morgan fingerprint density at radius 1 is 1.31 bits per heavy atom. The number of hydrogen-bond donors (Lipinski definition) is 0. The van der Waals surface area contributed by atoms with Crippen molar-refractivity contribution in [1.29, 1.82) is 0 Å². The number of rotatable bonds is 3. The van der Waals surface area contributed by atoms with E-state index in [2.05, 4.69) is 5.10 Å². The number of carbonyl (C=O) groups is 1. The van der Waals surface area contributed by atoms with Crippen LogP contribution in [0.15, 0.2) is 18.2 Å². The Morgan fingerprint density at radius 2 is 2.12 bits per heavy atom. The van der Waals surface area contributed by atoms with Gasteiger partial charge in [0.25, 0.3) is 5.91 Å². The van der Waals surface area contributed by atoms with Crippen molar-refractivity contribution in [2.45, 2.75) is 45.4 Å². The smallest absolute Gasteiger partial charge is 0.272 e. The average Bonchev–Trinajstić information content (AvgIpc) is 3.21. The van der Waals surface area contributed by atoms with Crippen LogP contribution in [0.3, 0.4) is 0 Å². The second-order valence-electron chi connectivity index (χ2n) is 7.80. The minimum absolute atomic E-state index is 0.112. The summed E-state index contributed by atoms with van der Waals surface area (Å²) in [6, 6.07) is 5.47. The first-order valence-electron chi connectivity index (χ1n) is 9.62. The molecule has 138 valence electrons. The zero-order chi connectivity index (χ0) is 18.3. The summed E-state index contributed by atoms with van der Waals surface area (Å²) in [6.07, 6.45) is 6.05. The van der Waals surface area contributed by atoms with E-state index in [4.69, 9.17) is 0 Å². The summed E-state index contributed by atoms with van der Waals surface area (Å²) in [5, 5.41) is 4.58. The van der Waals surface area contributed by atoms with E-state index >= 15 is 0 Å². The molecule has 4 rings (SSSR count). The predicted octanol–water partition coefficient (Wildman–Crippen LogP) is 3.45. The number of amides is 1. The van der Waals surface area contributed by atoms with Crippen LogP contribution in [0.5, 0.6) is 0 Å². The lowest BCUT2D eigenvalue weighted by Crippen LogP contribution is -2.31. The largest absolute Gasteiger partial charge is 0.337 e. The lowest BCUT2D eigenvalue weighted by molar-refractivity contribution is 0.0775. The number of aryl methyl sites for hydroxylation is 3. The maximum atomic E-state index is 13.8. The summed E-state index contributed by atoms with van der Waals surface area (Å²) in [5.41, 5.74) is 4.74. The molecule has 1 fully saturated rings. The molecule has 1 aromatic heterocycles. The van der Waals surface area contributed by atoms with Crippen molar-refractivity contribution in [2.75, 3.05) is 13.1 Å². The molecule has 1 unspecified atom stereocenters. The van der Waals surface area contributed by atoms with Crippen LogP contribution in [0.2, 0.25) is 0 Å². The van der Waals surface area contributed by atoms with Gasteiger partial charge in [-0.05, 0) is 68.6 Å². The summed E-state index contributed by atoms with van der Waals surface area (Å²) >= 11 is 0. The molecule has 1 saturated heterocycles. The van der Waals surface area contributed by atoms with Crippen LogP contribution in [-0.2, 0) is 26.3 Å². The van der Waals surface area contributed by atoms with Crippen molar-refractivity contribution in [3.8, 4) is 0 Å². The molecule has 2 aliphatic rings. The molecule has 1 aliphatic heterocycles. The first kappa shape index (κ1) is 17.3. The normalized spacial score (nSPS) is 19.7. The lowest BCUT2D eigenvalue weighted by Gasteiger charge is -2.19. The number of benzene rings is 1. The first-order valence-corrected chi connectivity index (χ1v) is 9.62. The third kappa shape index (κ3) is 3.15. The number of hydrogen-bond acceptors (Lipinski definition) is 2. The second kappa shape index (κ2) is 6.86. The summed E-state index contributed by atoms with van der Waals surface area (Å²) in [6.45, 7) is 3.30. The summed E-state index contributed by atoms with van der Waals surface area (Å²) in [4.78, 5) is 15.1. The Labute approximate surface area is 154 Å². The van der Waals surface area contributed by atoms with E-state index in [9.17, 15) is 9.18 Å². The van der Waals surface area contributed by atoms with Crippen LogP contribution >= 0.6 is 0 Å². The third-order valence-electron chi connectivity index (χ3n) is 5.86. The molecule has 1 amide bonds. The van der Waals surface area contributed by atoms with E-state index < -0.39 is 0 Å². The molecule has 26 heavy (non-hydrogen) atoms. The fraction of sp³-hybridized carbons (Fsp3) is 0.524. The third-order valence-corrected chi connectivity index (χ3v) is 5.86. The van der Waals surface area contributed by atoms with Crippen LogP contribution in [0.4, 0.5) is 4.39 Å². The molecule has 1 aliphatic carbocycles. The number of nitrogens with zero attached hydrogens (tertiary/aromatic N) is 3. The van der Waals surface area contributed by atoms with Gasteiger partial charge in [-0.2, -0.15) is 5.10 Å². The van der Waals surface area contributed by atoms with Gasteiger partial charge in [0, 0.05) is 25.7 Å². The summed E-state index contributed by atoms with van der Waals surface area (Å²) in [7, 11) is 1.88. The molecule has 2 heterocycles. The van der Waals surface area contributed by atoms with Gasteiger partial charge < -0.3 is 4.90 Å². The number of halogens is 1. The summed E-state index contributed by atoms with van der Waals surface area (Å²) < 4.78 is 15.6. The number of aromatic nitrogens is 2. The van der Waals surface area contributed by atoms with E-state index in [1.54, 1.807) is 17.7 Å². The van der Waals surface area contributed by atoms with Crippen molar-refractivity contribution < 1.29 is 9.18 Å². The standard InChI is InChI=1S/C21H26FN3O/c1-14-7-8-15(12-18(14)22)11-16-9-10-25(13-16)21(26)20-17-5-3-4-6-19(17)23-24(20)2/h7-8,12,16H,3-6,9-11,13H2,1-2H3. The van der Waals surface area contributed by atoms with Gasteiger partial charge >= 0.3 is 0 Å². The minimum atomic E-state index is -0.144. The molecular weight excluding hydrogens is 329 g/mol. The molecule has 1 aromatic carbocycles. The van der Waals surface area contributed by atoms with Gasteiger partial charge in [-0.25, -0.2) is 4.39 Å². The Balaban J connectivity index is 1.46. The zero-order valence-corrected chi connectivity index (χ0v) is 15.6. The van der Waals surface area contributed by atoms with Crippen molar-refractivity contribution in [3.63, 3.8) is 0 Å². The molecule has 2 aromatic rings. The van der Waals surface area contributed by atoms with Crippen molar-refractivity contribution in [2.24, 2.45) is 13.0 Å². The number of carbonyl (C=O) groups excluding carboxylic acids is 1. The predicted molar refractivity (Wildman–Crippen MR) is 98.7 cm³/mol. The molecule has 0 spiro atoms. The molecule has 0 saturated carbocycles. The Kier molecular flexibility index (Phi) is 4.55. The maximum Gasteiger partial charge on any atom is 0.272 e. The highest BCUT2D eigenvalue weighted by Gasteiger charge is 2.32. The van der Waals surface area contributed by atoms with E-state index in [0.29, 0.717) is 11.5 Å². The fourth-order valence-corrected chi connectivity index (χ4v) is 4.38. The molecule has 0 radical (unpaired) electrons.